The minimum absolute atomic E-state index is 0.144. The molecule has 2 unspecified atom stereocenters. The molecule has 2 aromatic rings. The van der Waals surface area contributed by atoms with Gasteiger partial charge in [0.25, 0.3) is 0 Å². The van der Waals surface area contributed by atoms with Crippen LogP contribution in [-0.2, 0) is 0 Å². The molecule has 3 aliphatic heterocycles. The maximum absolute atomic E-state index is 11.0. The molecule has 1 aromatic carbocycles. The number of aromatic nitrogens is 1. The maximum Gasteiger partial charge on any atom is 0.116 e. The normalized spacial score (nSPS) is 30.0. The lowest BCUT2D eigenvalue weighted by Gasteiger charge is -2.48. The van der Waals surface area contributed by atoms with Gasteiger partial charge in [0, 0.05) is 24.2 Å². The lowest BCUT2D eigenvalue weighted by atomic mass is 9.76. The van der Waals surface area contributed by atoms with Gasteiger partial charge in [-0.25, -0.2) is 0 Å². The second kappa shape index (κ2) is 5.62. The van der Waals surface area contributed by atoms with Crippen LogP contribution in [0, 0.1) is 5.92 Å². The molecular formula is C19H22N2O2. The summed E-state index contributed by atoms with van der Waals surface area (Å²) < 4.78 is 0. The van der Waals surface area contributed by atoms with Crippen LogP contribution >= 0.6 is 0 Å². The van der Waals surface area contributed by atoms with E-state index in [2.05, 4.69) is 22.9 Å². The van der Waals surface area contributed by atoms with Crippen LogP contribution in [0.1, 0.15) is 31.4 Å². The molecule has 4 heteroatoms. The zero-order valence-corrected chi connectivity index (χ0v) is 13.3. The summed E-state index contributed by atoms with van der Waals surface area (Å²) in [4.78, 5) is 6.74. The smallest absolute Gasteiger partial charge is 0.116 e. The van der Waals surface area contributed by atoms with Gasteiger partial charge in [-0.2, -0.15) is 0 Å². The Bertz CT molecular complexity index is 771. The van der Waals surface area contributed by atoms with E-state index >= 15 is 0 Å². The zero-order valence-electron chi connectivity index (χ0n) is 13.3. The molecule has 4 heterocycles. The maximum atomic E-state index is 11.0. The average Bonchev–Trinajstić information content (AvgIpc) is 2.60. The molecule has 4 atom stereocenters. The van der Waals surface area contributed by atoms with Crippen LogP contribution in [-0.4, -0.2) is 39.2 Å². The van der Waals surface area contributed by atoms with E-state index in [4.69, 9.17) is 0 Å². The van der Waals surface area contributed by atoms with Gasteiger partial charge in [0.15, 0.2) is 0 Å². The Morgan fingerprint density at radius 3 is 2.96 bits per heavy atom. The van der Waals surface area contributed by atoms with Gasteiger partial charge in [0.05, 0.1) is 11.6 Å². The number of hydrogen-bond acceptors (Lipinski definition) is 4. The van der Waals surface area contributed by atoms with E-state index in [9.17, 15) is 10.2 Å². The highest BCUT2D eigenvalue weighted by Gasteiger charge is 2.40. The fourth-order valence-corrected chi connectivity index (χ4v) is 4.22. The number of rotatable bonds is 2. The van der Waals surface area contributed by atoms with Crippen molar-refractivity contribution in [3.8, 4) is 5.75 Å². The first-order valence-electron chi connectivity index (χ1n) is 8.32. The van der Waals surface area contributed by atoms with Crippen molar-refractivity contribution in [2.45, 2.75) is 31.9 Å². The van der Waals surface area contributed by atoms with Crippen molar-refractivity contribution in [1.29, 1.82) is 0 Å². The van der Waals surface area contributed by atoms with Gasteiger partial charge >= 0.3 is 0 Å². The topological polar surface area (TPSA) is 56.6 Å². The van der Waals surface area contributed by atoms with Crippen molar-refractivity contribution in [2.75, 3.05) is 13.1 Å². The predicted octanol–water partition coefficient (Wildman–Crippen LogP) is 3.01. The Kier molecular flexibility index (Phi) is 3.58. The highest BCUT2D eigenvalue weighted by molar-refractivity contribution is 5.83. The molecule has 120 valence electrons. The summed E-state index contributed by atoms with van der Waals surface area (Å²) in [5.41, 5.74) is 3.19. The summed E-state index contributed by atoms with van der Waals surface area (Å²) in [6.45, 7) is 4.14. The van der Waals surface area contributed by atoms with Crippen LogP contribution in [0.3, 0.4) is 0 Å². The largest absolute Gasteiger partial charge is 0.508 e. The second-order valence-corrected chi connectivity index (χ2v) is 6.67. The lowest BCUT2D eigenvalue weighted by molar-refractivity contribution is -0.00340. The van der Waals surface area contributed by atoms with E-state index < -0.39 is 6.10 Å². The summed E-state index contributed by atoms with van der Waals surface area (Å²) in [5, 5.41) is 21.7. The third-order valence-electron chi connectivity index (χ3n) is 5.48. The molecule has 2 bridgehead atoms. The Hall–Kier alpha value is -1.91. The van der Waals surface area contributed by atoms with Crippen molar-refractivity contribution in [2.24, 2.45) is 5.92 Å². The van der Waals surface area contributed by atoms with Crippen molar-refractivity contribution in [3.05, 3.63) is 47.7 Å². The number of benzene rings is 1. The van der Waals surface area contributed by atoms with Crippen molar-refractivity contribution >= 4 is 10.9 Å². The van der Waals surface area contributed by atoms with E-state index in [-0.39, 0.29) is 11.8 Å². The summed E-state index contributed by atoms with van der Waals surface area (Å²) in [7, 11) is 0. The molecule has 3 aliphatic rings. The number of piperidine rings is 3. The number of aromatic hydroxyl groups is 1. The summed E-state index contributed by atoms with van der Waals surface area (Å²) in [6, 6.07) is 7.16. The quantitative estimate of drug-likeness (QED) is 0.837. The van der Waals surface area contributed by atoms with Crippen LogP contribution in [0.15, 0.2) is 42.1 Å². The number of fused-ring (bicyclic) bond motifs is 4. The zero-order chi connectivity index (χ0) is 16.0. The highest BCUT2D eigenvalue weighted by atomic mass is 16.3. The molecule has 5 rings (SSSR count). The van der Waals surface area contributed by atoms with E-state index in [0.29, 0.717) is 5.92 Å². The van der Waals surface area contributed by atoms with Gasteiger partial charge in [-0.05, 0) is 62.1 Å². The third-order valence-corrected chi connectivity index (χ3v) is 5.48. The first kappa shape index (κ1) is 14.7. The molecule has 3 saturated heterocycles. The third kappa shape index (κ3) is 2.42. The minimum atomic E-state index is -0.552. The second-order valence-electron chi connectivity index (χ2n) is 6.67. The van der Waals surface area contributed by atoms with Crippen LogP contribution < -0.4 is 0 Å². The summed E-state index contributed by atoms with van der Waals surface area (Å²) >= 11 is 0. The first-order chi connectivity index (χ1) is 11.2. The predicted molar refractivity (Wildman–Crippen MR) is 90.2 cm³/mol. The number of aliphatic hydroxyl groups is 1. The van der Waals surface area contributed by atoms with E-state index in [1.165, 1.54) is 12.0 Å². The van der Waals surface area contributed by atoms with E-state index in [1.54, 1.807) is 24.4 Å². The van der Waals surface area contributed by atoms with Gasteiger partial charge in [-0.1, -0.05) is 11.6 Å². The molecule has 0 saturated carbocycles. The fourth-order valence-electron chi connectivity index (χ4n) is 4.22. The van der Waals surface area contributed by atoms with Crippen molar-refractivity contribution in [3.63, 3.8) is 0 Å². The number of phenols is 1. The Morgan fingerprint density at radius 1 is 1.35 bits per heavy atom. The standard InChI is InChI=1S/C19H22N2O2/c1-2-12-11-21-8-6-13(12)9-18(21)19(23)15-5-7-20-17-4-3-14(22)10-16(15)17/h2-5,7,10,13,18-19,22-23H,6,8-9,11H2,1H3/b12-2+/t13-,18+,19?/m0/s1. The number of pyridine rings is 1. The monoisotopic (exact) mass is 310 g/mol. The molecule has 0 aliphatic carbocycles. The molecule has 2 N–H and O–H groups in total. The fraction of sp³-hybridized carbons (Fsp3) is 0.421. The first-order valence-corrected chi connectivity index (χ1v) is 8.32. The van der Waals surface area contributed by atoms with Crippen LogP contribution in [0.5, 0.6) is 5.75 Å². The molecule has 1 aromatic heterocycles. The van der Waals surface area contributed by atoms with Crippen molar-refractivity contribution in [1.82, 2.24) is 9.88 Å². The number of nitrogens with zero attached hydrogens (tertiary/aromatic N) is 2. The average molecular weight is 310 g/mol. The number of phenolic OH excluding ortho intramolecular Hbond substituents is 1. The van der Waals surface area contributed by atoms with E-state index in [0.717, 1.165) is 36.0 Å². The van der Waals surface area contributed by atoms with Gasteiger partial charge in [-0.15, -0.1) is 0 Å². The van der Waals surface area contributed by atoms with Gasteiger partial charge in [-0.3, -0.25) is 9.88 Å². The Morgan fingerprint density at radius 2 is 2.22 bits per heavy atom. The van der Waals surface area contributed by atoms with Gasteiger partial charge in [0.1, 0.15) is 5.75 Å². The minimum Gasteiger partial charge on any atom is -0.508 e. The van der Waals surface area contributed by atoms with Crippen LogP contribution in [0.2, 0.25) is 0 Å². The molecule has 0 radical (unpaired) electrons. The number of aliphatic hydroxyl groups excluding tert-OH is 1. The molecule has 4 nitrogen and oxygen atoms in total. The Balaban J connectivity index is 1.70. The van der Waals surface area contributed by atoms with E-state index in [1.807, 2.05) is 6.07 Å². The van der Waals surface area contributed by atoms with Gasteiger partial charge < -0.3 is 10.2 Å². The molecule has 23 heavy (non-hydrogen) atoms. The molecule has 0 spiro atoms. The van der Waals surface area contributed by atoms with Gasteiger partial charge in [0.2, 0.25) is 0 Å². The Labute approximate surface area is 136 Å². The molecular weight excluding hydrogens is 288 g/mol. The molecule has 0 amide bonds. The lowest BCUT2D eigenvalue weighted by Crippen LogP contribution is -2.52. The summed E-state index contributed by atoms with van der Waals surface area (Å²) in [6.07, 6.45) is 5.62. The summed E-state index contributed by atoms with van der Waals surface area (Å²) in [5.74, 6) is 0.812. The highest BCUT2D eigenvalue weighted by Crippen LogP contribution is 2.41. The number of allylic oxidation sites excluding steroid dienone is 1. The van der Waals surface area contributed by atoms with Crippen LogP contribution in [0.25, 0.3) is 10.9 Å². The van der Waals surface area contributed by atoms with Crippen LogP contribution in [0.4, 0.5) is 0 Å². The van der Waals surface area contributed by atoms with Crippen molar-refractivity contribution < 1.29 is 10.2 Å². The number of hydrogen-bond donors (Lipinski definition) is 2. The SMILES string of the molecule is C/C=C1\CN2CC[C@H]1C[C@@H]2C(O)c1ccnc2ccc(O)cc12. The molecule has 3 fully saturated rings.